The lowest BCUT2D eigenvalue weighted by molar-refractivity contribution is 0.100. The Kier molecular flexibility index (Phi) is 6.08. The maximum absolute atomic E-state index is 12.6. The summed E-state index contributed by atoms with van der Waals surface area (Å²) in [4.78, 5) is 15.0. The molecule has 0 bridgehead atoms. The van der Waals surface area contributed by atoms with Crippen LogP contribution < -0.4 is 9.47 Å². The van der Waals surface area contributed by atoms with E-state index in [9.17, 15) is 4.79 Å². The number of nitrogens with zero attached hydrogens (tertiary/aromatic N) is 1. The summed E-state index contributed by atoms with van der Waals surface area (Å²) in [6.07, 6.45) is 1.88. The summed E-state index contributed by atoms with van der Waals surface area (Å²) >= 11 is 0. The molecule has 2 aromatic rings. The van der Waals surface area contributed by atoms with Gasteiger partial charge in [-0.25, -0.2) is 0 Å². The van der Waals surface area contributed by atoms with Crippen molar-refractivity contribution >= 4 is 11.9 Å². The van der Waals surface area contributed by atoms with Crippen LogP contribution in [0.4, 0.5) is 0 Å². The van der Waals surface area contributed by atoms with Gasteiger partial charge in [0.15, 0.2) is 5.78 Å². The molecule has 0 aliphatic carbocycles. The van der Waals surface area contributed by atoms with Gasteiger partial charge in [-0.3, -0.25) is 4.79 Å². The fraction of sp³-hybridized carbons (Fsp3) is 0.318. The molecule has 0 N–H and O–H groups in total. The zero-order valence-electron chi connectivity index (χ0n) is 15.4. The molecule has 2 aromatic carbocycles. The van der Waals surface area contributed by atoms with Gasteiger partial charge in [-0.1, -0.05) is 38.1 Å². The normalized spacial score (nSPS) is 15.0. The highest BCUT2D eigenvalue weighted by molar-refractivity contribution is 6.14. The van der Waals surface area contributed by atoms with Crippen LogP contribution in [0.1, 0.15) is 29.8 Å². The SMILES string of the molecule is CCN(CC)CCOc1cccc(/C=C2\COc3ccccc3C2=O)c1. The van der Waals surface area contributed by atoms with Crippen LogP contribution in [0.25, 0.3) is 6.08 Å². The highest BCUT2D eigenvalue weighted by Gasteiger charge is 2.22. The first-order valence-electron chi connectivity index (χ1n) is 9.13. The highest BCUT2D eigenvalue weighted by Crippen LogP contribution is 2.28. The van der Waals surface area contributed by atoms with Gasteiger partial charge >= 0.3 is 0 Å². The van der Waals surface area contributed by atoms with Crippen LogP contribution in [-0.4, -0.2) is 43.5 Å². The summed E-state index contributed by atoms with van der Waals surface area (Å²) in [5.74, 6) is 1.50. The number of rotatable bonds is 7. The molecule has 3 rings (SSSR count). The third-order valence-electron chi connectivity index (χ3n) is 4.58. The van der Waals surface area contributed by atoms with Crippen LogP contribution in [0.5, 0.6) is 11.5 Å². The smallest absolute Gasteiger partial charge is 0.196 e. The molecule has 0 radical (unpaired) electrons. The number of ether oxygens (including phenoxy) is 2. The summed E-state index contributed by atoms with van der Waals surface area (Å²) in [5, 5.41) is 0. The van der Waals surface area contributed by atoms with Crippen molar-refractivity contribution in [3.05, 3.63) is 65.2 Å². The summed E-state index contributed by atoms with van der Waals surface area (Å²) < 4.78 is 11.6. The molecular weight excluding hydrogens is 326 g/mol. The fourth-order valence-electron chi connectivity index (χ4n) is 3.01. The van der Waals surface area contributed by atoms with Crippen molar-refractivity contribution in [3.8, 4) is 11.5 Å². The zero-order valence-corrected chi connectivity index (χ0v) is 15.4. The maximum atomic E-state index is 12.6. The Balaban J connectivity index is 1.69. The fourth-order valence-corrected chi connectivity index (χ4v) is 3.01. The second-order valence-corrected chi connectivity index (χ2v) is 6.23. The van der Waals surface area contributed by atoms with Crippen LogP contribution in [0.15, 0.2) is 54.1 Å². The molecule has 0 unspecified atom stereocenters. The number of Topliss-reactive ketones (excluding diaryl/α,β-unsaturated/α-hetero) is 1. The second kappa shape index (κ2) is 8.68. The van der Waals surface area contributed by atoms with Gasteiger partial charge in [0.1, 0.15) is 24.7 Å². The minimum Gasteiger partial charge on any atom is -0.492 e. The molecule has 1 aliphatic rings. The van der Waals surface area contributed by atoms with E-state index in [1.54, 1.807) is 6.07 Å². The monoisotopic (exact) mass is 351 g/mol. The Hall–Kier alpha value is -2.59. The Labute approximate surface area is 155 Å². The molecule has 0 saturated heterocycles. The van der Waals surface area contributed by atoms with Gasteiger partial charge < -0.3 is 14.4 Å². The standard InChI is InChI=1S/C22H25NO3/c1-3-23(4-2)12-13-25-19-9-7-8-17(15-19)14-18-16-26-21-11-6-5-10-20(21)22(18)24/h5-11,14-15H,3-4,12-13,16H2,1-2H3/b18-14+. The predicted molar refractivity (Wildman–Crippen MR) is 104 cm³/mol. The quantitative estimate of drug-likeness (QED) is 0.705. The summed E-state index contributed by atoms with van der Waals surface area (Å²) in [5.41, 5.74) is 2.22. The molecule has 0 fully saturated rings. The first-order valence-corrected chi connectivity index (χ1v) is 9.13. The molecule has 4 nitrogen and oxygen atoms in total. The molecule has 1 heterocycles. The van der Waals surface area contributed by atoms with Crippen molar-refractivity contribution in [2.75, 3.05) is 32.8 Å². The van der Waals surface area contributed by atoms with Crippen molar-refractivity contribution < 1.29 is 14.3 Å². The number of ketones is 1. The van der Waals surface area contributed by atoms with E-state index in [2.05, 4.69) is 18.7 Å². The van der Waals surface area contributed by atoms with E-state index in [0.29, 0.717) is 30.1 Å². The van der Waals surface area contributed by atoms with Crippen LogP contribution in [0.3, 0.4) is 0 Å². The Morgan fingerprint density at radius 1 is 1.12 bits per heavy atom. The Morgan fingerprint density at radius 2 is 1.92 bits per heavy atom. The van der Waals surface area contributed by atoms with Gasteiger partial charge in [-0.2, -0.15) is 0 Å². The van der Waals surface area contributed by atoms with Crippen LogP contribution in [0, 0.1) is 0 Å². The number of para-hydroxylation sites is 1. The topological polar surface area (TPSA) is 38.8 Å². The minimum absolute atomic E-state index is 0.0275. The average Bonchev–Trinajstić information content (AvgIpc) is 2.68. The third kappa shape index (κ3) is 4.33. The number of likely N-dealkylation sites (N-methyl/N-ethyl adjacent to an activating group) is 1. The van der Waals surface area contributed by atoms with Gasteiger partial charge in [0.2, 0.25) is 0 Å². The number of benzene rings is 2. The number of carbonyl (C=O) groups is 1. The van der Waals surface area contributed by atoms with Gasteiger partial charge in [-0.15, -0.1) is 0 Å². The molecule has 26 heavy (non-hydrogen) atoms. The molecule has 136 valence electrons. The number of hydrogen-bond acceptors (Lipinski definition) is 4. The third-order valence-corrected chi connectivity index (χ3v) is 4.58. The van der Waals surface area contributed by atoms with Crippen molar-refractivity contribution in [3.63, 3.8) is 0 Å². The van der Waals surface area contributed by atoms with Gasteiger partial charge in [-0.05, 0) is 49.0 Å². The second-order valence-electron chi connectivity index (χ2n) is 6.23. The molecule has 4 heteroatoms. The summed E-state index contributed by atoms with van der Waals surface area (Å²) in [6, 6.07) is 15.2. The van der Waals surface area contributed by atoms with E-state index in [1.165, 1.54) is 0 Å². The van der Waals surface area contributed by atoms with E-state index in [0.717, 1.165) is 30.9 Å². The molecule has 0 amide bonds. The van der Waals surface area contributed by atoms with E-state index in [-0.39, 0.29) is 5.78 Å². The van der Waals surface area contributed by atoms with Crippen molar-refractivity contribution in [1.29, 1.82) is 0 Å². The van der Waals surface area contributed by atoms with Gasteiger partial charge in [0.25, 0.3) is 0 Å². The van der Waals surface area contributed by atoms with Gasteiger partial charge in [0, 0.05) is 12.1 Å². The maximum Gasteiger partial charge on any atom is 0.196 e. The van der Waals surface area contributed by atoms with Crippen LogP contribution in [-0.2, 0) is 0 Å². The lowest BCUT2D eigenvalue weighted by atomic mass is 9.98. The molecule has 0 spiro atoms. The first-order chi connectivity index (χ1) is 12.7. The number of hydrogen-bond donors (Lipinski definition) is 0. The minimum atomic E-state index is 0.0275. The molecule has 0 aromatic heterocycles. The van der Waals surface area contributed by atoms with Gasteiger partial charge in [0.05, 0.1) is 5.56 Å². The number of carbonyl (C=O) groups excluding carboxylic acids is 1. The zero-order chi connectivity index (χ0) is 18.4. The van der Waals surface area contributed by atoms with E-state index in [1.807, 2.05) is 48.5 Å². The van der Waals surface area contributed by atoms with Crippen LogP contribution >= 0.6 is 0 Å². The Morgan fingerprint density at radius 3 is 2.73 bits per heavy atom. The van der Waals surface area contributed by atoms with Crippen LogP contribution in [0.2, 0.25) is 0 Å². The molecular formula is C22H25NO3. The van der Waals surface area contributed by atoms with E-state index < -0.39 is 0 Å². The van der Waals surface area contributed by atoms with Crippen molar-refractivity contribution in [2.45, 2.75) is 13.8 Å². The average molecular weight is 351 g/mol. The summed E-state index contributed by atoms with van der Waals surface area (Å²) in [6.45, 7) is 8.20. The molecule has 0 saturated carbocycles. The summed E-state index contributed by atoms with van der Waals surface area (Å²) in [7, 11) is 0. The van der Waals surface area contributed by atoms with Crippen molar-refractivity contribution in [1.82, 2.24) is 4.90 Å². The molecule has 1 aliphatic heterocycles. The highest BCUT2D eigenvalue weighted by atomic mass is 16.5. The van der Waals surface area contributed by atoms with E-state index >= 15 is 0 Å². The lowest BCUT2D eigenvalue weighted by Gasteiger charge is -2.19. The predicted octanol–water partition coefficient (Wildman–Crippen LogP) is 4.07. The largest absolute Gasteiger partial charge is 0.492 e. The first kappa shape index (κ1) is 18.2. The Bertz CT molecular complexity index is 793. The van der Waals surface area contributed by atoms with E-state index in [4.69, 9.17) is 9.47 Å². The molecule has 0 atom stereocenters. The lowest BCUT2D eigenvalue weighted by Crippen LogP contribution is -2.27. The number of fused-ring (bicyclic) bond motifs is 1. The van der Waals surface area contributed by atoms with Crippen molar-refractivity contribution in [2.24, 2.45) is 0 Å².